The van der Waals surface area contributed by atoms with Crippen LogP contribution in [0.25, 0.3) is 0 Å². The zero-order valence-corrected chi connectivity index (χ0v) is 10.7. The van der Waals surface area contributed by atoms with Crippen molar-refractivity contribution < 1.29 is 4.12 Å². The van der Waals surface area contributed by atoms with Gasteiger partial charge in [0, 0.05) is 0 Å². The third-order valence-electron chi connectivity index (χ3n) is 3.54. The van der Waals surface area contributed by atoms with Crippen LogP contribution in [0.2, 0.25) is 25.2 Å². The minimum Gasteiger partial charge on any atom is -0.456 e. The molecule has 72 valence electrons. The molecule has 3 heteroatoms. The van der Waals surface area contributed by atoms with Gasteiger partial charge in [-0.2, -0.15) is 0 Å². The van der Waals surface area contributed by atoms with Crippen LogP contribution in [0.3, 0.4) is 0 Å². The monoisotopic (exact) mass is 210 g/mol. The molecule has 0 aliphatic heterocycles. The highest BCUT2D eigenvalue weighted by molar-refractivity contribution is 6.76. The van der Waals surface area contributed by atoms with E-state index in [4.69, 9.17) is 4.12 Å². The summed E-state index contributed by atoms with van der Waals surface area (Å²) < 4.78 is 6.00. The number of rotatable bonds is 3. The molecule has 2 bridgehead atoms. The molecule has 2 aliphatic carbocycles. The first kappa shape index (κ1) is 9.68. The first-order valence-electron chi connectivity index (χ1n) is 5.16. The van der Waals surface area contributed by atoms with Crippen LogP contribution >= 0.6 is 0 Å². The summed E-state index contributed by atoms with van der Waals surface area (Å²) in [6, 6.07) is 0. The van der Waals surface area contributed by atoms with Crippen molar-refractivity contribution in [1.82, 2.24) is 0 Å². The summed E-state index contributed by atoms with van der Waals surface area (Å²) >= 11 is 0. The quantitative estimate of drug-likeness (QED) is 0.514. The highest BCUT2D eigenvalue weighted by Crippen LogP contribution is 2.51. The van der Waals surface area contributed by atoms with E-state index < -0.39 is 8.32 Å². The van der Waals surface area contributed by atoms with Gasteiger partial charge in [0.15, 0.2) is 8.32 Å². The second-order valence-electron chi connectivity index (χ2n) is 4.80. The van der Waals surface area contributed by atoms with E-state index in [2.05, 4.69) is 31.8 Å². The smallest absolute Gasteiger partial charge is 0.211 e. The second-order valence-corrected chi connectivity index (χ2v) is 9.97. The van der Waals surface area contributed by atoms with Gasteiger partial charge in [-0.15, -0.1) is 0 Å². The lowest BCUT2D eigenvalue weighted by Crippen LogP contribution is -2.39. The Balaban J connectivity index is 2.05. The van der Waals surface area contributed by atoms with Crippen LogP contribution in [0.4, 0.5) is 0 Å². The lowest BCUT2D eigenvalue weighted by atomic mass is 10.1. The van der Waals surface area contributed by atoms with E-state index in [9.17, 15) is 0 Å². The Morgan fingerprint density at radius 1 is 1.31 bits per heavy atom. The van der Waals surface area contributed by atoms with Crippen LogP contribution in [0.15, 0.2) is 12.2 Å². The molecule has 13 heavy (non-hydrogen) atoms. The molecule has 0 aromatic rings. The van der Waals surface area contributed by atoms with Crippen LogP contribution in [-0.4, -0.2) is 18.1 Å². The molecule has 2 aliphatic rings. The van der Waals surface area contributed by atoms with Gasteiger partial charge < -0.3 is 4.12 Å². The molecule has 3 unspecified atom stereocenters. The molecule has 0 N–H and O–H groups in total. The van der Waals surface area contributed by atoms with Gasteiger partial charge in [-0.25, -0.2) is 0 Å². The van der Waals surface area contributed by atoms with E-state index >= 15 is 0 Å². The standard InChI is InChI=1S/C10H18OSi2/c1-12-11-13(2,3)10-7-8-4-5-9(10)6-8/h4-5,8-10H,6-7H2,1-3H3. The van der Waals surface area contributed by atoms with Gasteiger partial charge in [0.1, 0.15) is 0 Å². The van der Waals surface area contributed by atoms with Gasteiger partial charge in [-0.05, 0) is 49.9 Å². The Morgan fingerprint density at radius 3 is 2.54 bits per heavy atom. The van der Waals surface area contributed by atoms with Gasteiger partial charge in [-0.1, -0.05) is 12.2 Å². The summed E-state index contributed by atoms with van der Waals surface area (Å²) in [4.78, 5) is 0. The molecule has 0 aromatic heterocycles. The normalized spacial score (nSPS) is 37.3. The first-order valence-corrected chi connectivity index (χ1v) is 9.56. The van der Waals surface area contributed by atoms with Gasteiger partial charge in [-0.3, -0.25) is 0 Å². The fourth-order valence-electron chi connectivity index (χ4n) is 2.92. The molecule has 3 atom stereocenters. The van der Waals surface area contributed by atoms with Crippen LogP contribution in [0.5, 0.6) is 0 Å². The number of hydrogen-bond donors (Lipinski definition) is 0. The first-order chi connectivity index (χ1) is 6.13. The zero-order valence-electron chi connectivity index (χ0n) is 8.71. The molecule has 0 spiro atoms. The van der Waals surface area contributed by atoms with Crippen molar-refractivity contribution in [2.24, 2.45) is 11.8 Å². The Labute approximate surface area is 84.6 Å². The molecule has 0 heterocycles. The van der Waals surface area contributed by atoms with Gasteiger partial charge in [0.2, 0.25) is 9.76 Å². The summed E-state index contributed by atoms with van der Waals surface area (Å²) in [6.45, 7) is 6.93. The van der Waals surface area contributed by atoms with Crippen molar-refractivity contribution in [1.29, 1.82) is 0 Å². The van der Waals surface area contributed by atoms with Gasteiger partial charge in [0.05, 0.1) is 0 Å². The van der Waals surface area contributed by atoms with Crippen LogP contribution in [0, 0.1) is 11.8 Å². The van der Waals surface area contributed by atoms with Gasteiger partial charge in [0.25, 0.3) is 0 Å². The average molecular weight is 210 g/mol. The predicted octanol–water partition coefficient (Wildman–Crippen LogP) is 2.84. The van der Waals surface area contributed by atoms with Crippen LogP contribution in [-0.2, 0) is 4.12 Å². The van der Waals surface area contributed by atoms with Crippen molar-refractivity contribution in [3.63, 3.8) is 0 Å². The van der Waals surface area contributed by atoms with E-state index in [0.717, 1.165) is 17.4 Å². The van der Waals surface area contributed by atoms with Crippen LogP contribution in [0.1, 0.15) is 12.8 Å². The van der Waals surface area contributed by atoms with E-state index in [-0.39, 0.29) is 0 Å². The minimum absolute atomic E-state index is 0.679. The fourth-order valence-corrected chi connectivity index (χ4v) is 7.78. The number of allylic oxidation sites excluding steroid dienone is 2. The maximum absolute atomic E-state index is 6.00. The lowest BCUT2D eigenvalue weighted by molar-refractivity contribution is 0.525. The Hall–Kier alpha value is 0.134. The molecule has 0 aromatic carbocycles. The maximum Gasteiger partial charge on any atom is 0.211 e. The molecule has 2 radical (unpaired) electrons. The fraction of sp³-hybridized carbons (Fsp3) is 0.800. The Kier molecular flexibility index (Phi) is 2.51. The summed E-state index contributed by atoms with van der Waals surface area (Å²) in [6.07, 6.45) is 7.68. The van der Waals surface area contributed by atoms with Gasteiger partial charge >= 0.3 is 0 Å². The highest BCUT2D eigenvalue weighted by atomic mass is 28.4. The molecule has 1 fully saturated rings. The van der Waals surface area contributed by atoms with Crippen molar-refractivity contribution >= 4 is 18.1 Å². The zero-order chi connectivity index (χ0) is 9.47. The Morgan fingerprint density at radius 2 is 2.08 bits per heavy atom. The largest absolute Gasteiger partial charge is 0.456 e. The van der Waals surface area contributed by atoms with Crippen molar-refractivity contribution in [2.45, 2.75) is 38.0 Å². The lowest BCUT2D eigenvalue weighted by Gasteiger charge is -2.33. The summed E-state index contributed by atoms with van der Waals surface area (Å²) in [5.41, 5.74) is 0.898. The SMILES string of the molecule is C[Si]O[Si](C)(C)C1CC2C=CC1C2. The topological polar surface area (TPSA) is 9.23 Å². The summed E-state index contributed by atoms with van der Waals surface area (Å²) in [5, 5.41) is 0. The molecule has 1 saturated carbocycles. The summed E-state index contributed by atoms with van der Waals surface area (Å²) in [7, 11) is -0.683. The van der Waals surface area contributed by atoms with Crippen molar-refractivity contribution in [2.75, 3.05) is 0 Å². The van der Waals surface area contributed by atoms with E-state index in [1.807, 2.05) is 0 Å². The molecule has 2 rings (SSSR count). The van der Waals surface area contributed by atoms with Crippen molar-refractivity contribution in [3.8, 4) is 0 Å². The third-order valence-corrected chi connectivity index (χ3v) is 8.91. The van der Waals surface area contributed by atoms with E-state index in [0.29, 0.717) is 9.76 Å². The van der Waals surface area contributed by atoms with E-state index in [1.54, 1.807) is 0 Å². The van der Waals surface area contributed by atoms with E-state index in [1.165, 1.54) is 12.8 Å². The summed E-state index contributed by atoms with van der Waals surface area (Å²) in [5.74, 6) is 1.76. The molecule has 0 saturated heterocycles. The van der Waals surface area contributed by atoms with Crippen LogP contribution < -0.4 is 0 Å². The molecular weight excluding hydrogens is 192 g/mol. The minimum atomic E-state index is -1.36. The molecule has 1 nitrogen and oxygen atoms in total. The Bertz CT molecular complexity index is 225. The maximum atomic E-state index is 6.00. The molecular formula is C10H18OSi2. The second kappa shape index (κ2) is 3.37. The predicted molar refractivity (Wildman–Crippen MR) is 59.3 cm³/mol. The van der Waals surface area contributed by atoms with Crippen molar-refractivity contribution in [3.05, 3.63) is 12.2 Å². The molecule has 0 amide bonds. The number of hydrogen-bond acceptors (Lipinski definition) is 1. The highest BCUT2D eigenvalue weighted by Gasteiger charge is 2.45. The third kappa shape index (κ3) is 1.69. The average Bonchev–Trinajstić information content (AvgIpc) is 2.63. The number of fused-ring (bicyclic) bond motifs is 2.